The van der Waals surface area contributed by atoms with Crippen LogP contribution < -0.4 is 4.74 Å². The number of rotatable bonds is 4. The third kappa shape index (κ3) is 2.76. The minimum Gasteiger partial charge on any atom is -0.469 e. The highest BCUT2D eigenvalue weighted by molar-refractivity contribution is 7.17. The molecule has 0 saturated carbocycles. The first-order valence-corrected chi connectivity index (χ1v) is 8.43. The summed E-state index contributed by atoms with van der Waals surface area (Å²) in [6.07, 6.45) is 1.52. The molecule has 0 fully saturated rings. The van der Waals surface area contributed by atoms with Crippen LogP contribution in [0.1, 0.15) is 16.9 Å². The molecule has 0 aliphatic rings. The van der Waals surface area contributed by atoms with Gasteiger partial charge < -0.3 is 9.26 Å². The van der Waals surface area contributed by atoms with Gasteiger partial charge in [0.05, 0.1) is 5.39 Å². The van der Waals surface area contributed by atoms with Crippen LogP contribution in [0.5, 0.6) is 5.88 Å². The van der Waals surface area contributed by atoms with Crippen molar-refractivity contribution >= 4 is 21.6 Å². The van der Waals surface area contributed by atoms with Gasteiger partial charge in [-0.05, 0) is 24.8 Å². The van der Waals surface area contributed by atoms with E-state index in [0.717, 1.165) is 27.0 Å². The number of ether oxygens (including phenoxy) is 1. The molecule has 0 aliphatic heterocycles. The highest BCUT2D eigenvalue weighted by atomic mass is 32.1. The van der Waals surface area contributed by atoms with Crippen molar-refractivity contribution in [3.8, 4) is 17.1 Å². The zero-order valence-corrected chi connectivity index (χ0v) is 14.1. The van der Waals surface area contributed by atoms with Crippen molar-refractivity contribution in [1.29, 1.82) is 0 Å². The molecule has 1 aromatic carbocycles. The van der Waals surface area contributed by atoms with Crippen LogP contribution in [0.15, 0.2) is 46.6 Å². The Morgan fingerprint density at radius 2 is 1.96 bits per heavy atom. The number of nitrogens with zero attached hydrogens (tertiary/aromatic N) is 3. The highest BCUT2D eigenvalue weighted by Crippen LogP contribution is 2.30. The van der Waals surface area contributed by atoms with Gasteiger partial charge in [-0.3, -0.25) is 0 Å². The third-order valence-corrected chi connectivity index (χ3v) is 4.78. The Hall–Kier alpha value is -2.73. The van der Waals surface area contributed by atoms with Crippen molar-refractivity contribution < 1.29 is 9.26 Å². The summed E-state index contributed by atoms with van der Waals surface area (Å²) >= 11 is 1.59. The number of hydrogen-bond acceptors (Lipinski definition) is 6. The summed E-state index contributed by atoms with van der Waals surface area (Å²) in [5.74, 6) is 1.23. The molecule has 4 aromatic rings. The van der Waals surface area contributed by atoms with Gasteiger partial charge >= 0.3 is 0 Å². The SMILES string of the molecule is Cc1ccc(-c2cc(COc3ncnc4scc(C)c34)on2)cc1. The number of hydrogen-bond donors (Lipinski definition) is 0. The summed E-state index contributed by atoms with van der Waals surface area (Å²) in [5, 5.41) is 7.12. The fourth-order valence-corrected chi connectivity index (χ4v) is 3.35. The molecule has 0 atom stereocenters. The van der Waals surface area contributed by atoms with Crippen LogP contribution in [0.2, 0.25) is 0 Å². The van der Waals surface area contributed by atoms with E-state index in [1.165, 1.54) is 11.9 Å². The first-order valence-electron chi connectivity index (χ1n) is 7.55. The van der Waals surface area contributed by atoms with Crippen molar-refractivity contribution in [3.63, 3.8) is 0 Å². The number of aromatic nitrogens is 3. The molecule has 120 valence electrons. The van der Waals surface area contributed by atoms with Gasteiger partial charge in [0.15, 0.2) is 12.4 Å². The predicted octanol–water partition coefficient (Wildman–Crippen LogP) is 4.54. The van der Waals surface area contributed by atoms with Gasteiger partial charge in [0.1, 0.15) is 16.9 Å². The number of benzene rings is 1. The van der Waals surface area contributed by atoms with Gasteiger partial charge in [-0.1, -0.05) is 35.0 Å². The molecule has 0 aliphatic carbocycles. The molecule has 0 radical (unpaired) electrons. The van der Waals surface area contributed by atoms with Crippen LogP contribution in [0.25, 0.3) is 21.5 Å². The standard InChI is InChI=1S/C18H15N3O2S/c1-11-3-5-13(6-4-11)15-7-14(23-21-15)8-22-17-16-12(2)9-24-18(16)20-10-19-17/h3-7,9-10H,8H2,1-2H3. The lowest BCUT2D eigenvalue weighted by atomic mass is 10.1. The summed E-state index contributed by atoms with van der Waals surface area (Å²) in [7, 11) is 0. The molecule has 24 heavy (non-hydrogen) atoms. The fourth-order valence-electron chi connectivity index (χ4n) is 2.47. The maximum Gasteiger partial charge on any atom is 0.226 e. The maximum atomic E-state index is 5.83. The van der Waals surface area contributed by atoms with Crippen molar-refractivity contribution in [3.05, 3.63) is 58.9 Å². The smallest absolute Gasteiger partial charge is 0.226 e. The van der Waals surface area contributed by atoms with Gasteiger partial charge in [-0.2, -0.15) is 0 Å². The van der Waals surface area contributed by atoms with Crippen LogP contribution in [0.4, 0.5) is 0 Å². The van der Waals surface area contributed by atoms with E-state index in [9.17, 15) is 0 Å². The number of thiophene rings is 1. The Morgan fingerprint density at radius 3 is 2.79 bits per heavy atom. The Labute approximate surface area is 142 Å². The lowest BCUT2D eigenvalue weighted by molar-refractivity contribution is 0.244. The Morgan fingerprint density at radius 1 is 1.12 bits per heavy atom. The van der Waals surface area contributed by atoms with E-state index in [1.807, 2.05) is 25.1 Å². The minimum absolute atomic E-state index is 0.278. The second kappa shape index (κ2) is 6.05. The normalized spacial score (nSPS) is 11.1. The third-order valence-electron chi connectivity index (χ3n) is 3.78. The largest absolute Gasteiger partial charge is 0.469 e. The molecule has 5 nitrogen and oxygen atoms in total. The van der Waals surface area contributed by atoms with Gasteiger partial charge in [-0.25, -0.2) is 9.97 Å². The summed E-state index contributed by atoms with van der Waals surface area (Å²) in [6, 6.07) is 10.1. The van der Waals surface area contributed by atoms with Crippen LogP contribution in [0.3, 0.4) is 0 Å². The molecule has 0 saturated heterocycles. The van der Waals surface area contributed by atoms with Crippen molar-refractivity contribution in [2.24, 2.45) is 0 Å². The Balaban J connectivity index is 1.54. The van der Waals surface area contributed by atoms with Crippen molar-refractivity contribution in [1.82, 2.24) is 15.1 Å². The number of aryl methyl sites for hydroxylation is 2. The maximum absolute atomic E-state index is 5.83. The van der Waals surface area contributed by atoms with Crippen LogP contribution in [-0.4, -0.2) is 15.1 Å². The summed E-state index contributed by atoms with van der Waals surface area (Å²) in [5.41, 5.74) is 4.15. The molecule has 0 amide bonds. The Kier molecular flexibility index (Phi) is 3.74. The molecule has 0 unspecified atom stereocenters. The molecule has 4 rings (SSSR count). The molecule has 0 bridgehead atoms. The lowest BCUT2D eigenvalue weighted by Gasteiger charge is -2.04. The highest BCUT2D eigenvalue weighted by Gasteiger charge is 2.12. The monoisotopic (exact) mass is 337 g/mol. The first kappa shape index (κ1) is 14.8. The predicted molar refractivity (Wildman–Crippen MR) is 93.2 cm³/mol. The molecule has 3 heterocycles. The summed E-state index contributed by atoms with van der Waals surface area (Å²) in [4.78, 5) is 9.43. The quantitative estimate of drug-likeness (QED) is 0.547. The van der Waals surface area contributed by atoms with Gasteiger partial charge in [0.2, 0.25) is 5.88 Å². The lowest BCUT2D eigenvalue weighted by Crippen LogP contribution is -1.97. The molecular weight excluding hydrogens is 322 g/mol. The zero-order chi connectivity index (χ0) is 16.5. The van der Waals surface area contributed by atoms with E-state index in [1.54, 1.807) is 11.3 Å². The van der Waals surface area contributed by atoms with Gasteiger partial charge in [-0.15, -0.1) is 11.3 Å². The molecule has 0 spiro atoms. The zero-order valence-electron chi connectivity index (χ0n) is 13.3. The van der Waals surface area contributed by atoms with E-state index >= 15 is 0 Å². The average Bonchev–Trinajstić information content (AvgIpc) is 3.21. The summed E-state index contributed by atoms with van der Waals surface area (Å²) in [6.45, 7) is 4.36. The van der Waals surface area contributed by atoms with Crippen molar-refractivity contribution in [2.45, 2.75) is 20.5 Å². The van der Waals surface area contributed by atoms with Crippen LogP contribution >= 0.6 is 11.3 Å². The van der Waals surface area contributed by atoms with Gasteiger partial charge in [0, 0.05) is 11.6 Å². The topological polar surface area (TPSA) is 61.0 Å². The van der Waals surface area contributed by atoms with Crippen LogP contribution in [-0.2, 0) is 6.61 Å². The fraction of sp³-hybridized carbons (Fsp3) is 0.167. The van der Waals surface area contributed by atoms with Crippen molar-refractivity contribution in [2.75, 3.05) is 0 Å². The molecule has 0 N–H and O–H groups in total. The molecule has 3 aromatic heterocycles. The van der Waals surface area contributed by atoms with Crippen LogP contribution in [0, 0.1) is 13.8 Å². The van der Waals surface area contributed by atoms with E-state index in [2.05, 4.69) is 39.6 Å². The minimum atomic E-state index is 0.278. The molecule has 6 heteroatoms. The van der Waals surface area contributed by atoms with E-state index in [-0.39, 0.29) is 6.61 Å². The average molecular weight is 337 g/mol. The second-order valence-corrected chi connectivity index (χ2v) is 6.47. The number of fused-ring (bicyclic) bond motifs is 1. The molecular formula is C18H15N3O2S. The summed E-state index contributed by atoms with van der Waals surface area (Å²) < 4.78 is 11.2. The second-order valence-electron chi connectivity index (χ2n) is 5.61. The Bertz CT molecular complexity index is 989. The van der Waals surface area contributed by atoms with E-state index in [0.29, 0.717) is 11.6 Å². The van der Waals surface area contributed by atoms with E-state index in [4.69, 9.17) is 9.26 Å². The van der Waals surface area contributed by atoms with E-state index < -0.39 is 0 Å². The first-order chi connectivity index (χ1) is 11.7. The van der Waals surface area contributed by atoms with Gasteiger partial charge in [0.25, 0.3) is 0 Å².